The molecule has 16 heavy (non-hydrogen) atoms. The third-order valence-corrected chi connectivity index (χ3v) is 3.55. The van der Waals surface area contributed by atoms with Gasteiger partial charge in [-0.15, -0.1) is 0 Å². The molecule has 3 nitrogen and oxygen atoms in total. The predicted molar refractivity (Wildman–Crippen MR) is 59.8 cm³/mol. The quantitative estimate of drug-likeness (QED) is 0.761. The van der Waals surface area contributed by atoms with Gasteiger partial charge in [-0.1, -0.05) is 30.3 Å². The van der Waals surface area contributed by atoms with E-state index in [1.54, 1.807) is 0 Å². The fraction of sp³-hybridized carbons (Fsp3) is 0.462. The average molecular weight is 217 g/mol. The summed E-state index contributed by atoms with van der Waals surface area (Å²) in [6, 6.07) is 10.3. The van der Waals surface area contributed by atoms with Gasteiger partial charge < -0.3 is 9.64 Å². The van der Waals surface area contributed by atoms with Gasteiger partial charge in [0.1, 0.15) is 6.61 Å². The molecule has 1 saturated carbocycles. The minimum absolute atomic E-state index is 0.145. The maximum absolute atomic E-state index is 11.8. The van der Waals surface area contributed by atoms with E-state index in [9.17, 15) is 4.79 Å². The van der Waals surface area contributed by atoms with Gasteiger partial charge in [-0.05, 0) is 24.3 Å². The second-order valence-corrected chi connectivity index (χ2v) is 4.68. The van der Waals surface area contributed by atoms with Crippen molar-refractivity contribution in [3.8, 4) is 0 Å². The van der Waals surface area contributed by atoms with E-state index in [0.717, 1.165) is 18.0 Å². The SMILES string of the molecule is O=C(OCc1ccccc1)N1CC2CC1C2. The highest BCUT2D eigenvalue weighted by molar-refractivity contribution is 5.69. The number of rotatable bonds is 2. The average Bonchev–Trinajstić information content (AvgIpc) is 2.86. The molecule has 0 aromatic heterocycles. The minimum Gasteiger partial charge on any atom is -0.445 e. The summed E-state index contributed by atoms with van der Waals surface area (Å²) in [5.41, 5.74) is 1.04. The smallest absolute Gasteiger partial charge is 0.410 e. The van der Waals surface area contributed by atoms with Crippen LogP contribution in [0.25, 0.3) is 0 Å². The molecule has 2 heterocycles. The van der Waals surface area contributed by atoms with E-state index >= 15 is 0 Å². The minimum atomic E-state index is -0.145. The van der Waals surface area contributed by atoms with Crippen molar-refractivity contribution in [2.75, 3.05) is 6.54 Å². The molecule has 3 heteroatoms. The fourth-order valence-electron chi connectivity index (χ4n) is 2.56. The molecule has 2 aliphatic heterocycles. The molecule has 0 spiro atoms. The number of carbonyl (C=O) groups excluding carboxylic acids is 1. The summed E-state index contributed by atoms with van der Waals surface area (Å²) in [6.07, 6.45) is 2.22. The standard InChI is InChI=1S/C13H15NO2/c15-13(14-8-11-6-12(14)7-11)16-9-10-4-2-1-3-5-10/h1-5,11-12H,6-9H2. The predicted octanol–water partition coefficient (Wildman–Crippen LogP) is 2.42. The van der Waals surface area contributed by atoms with E-state index in [2.05, 4.69) is 0 Å². The maximum atomic E-state index is 11.8. The number of ether oxygens (including phenoxy) is 1. The van der Waals surface area contributed by atoms with Crippen LogP contribution in [-0.4, -0.2) is 23.6 Å². The van der Waals surface area contributed by atoms with Gasteiger partial charge in [-0.25, -0.2) is 4.79 Å². The van der Waals surface area contributed by atoms with E-state index in [1.165, 1.54) is 12.8 Å². The lowest BCUT2D eigenvalue weighted by Crippen LogP contribution is -2.34. The molecular weight excluding hydrogens is 202 g/mol. The van der Waals surface area contributed by atoms with Crippen LogP contribution in [0.1, 0.15) is 18.4 Å². The molecular formula is C13H15NO2. The first-order valence-corrected chi connectivity index (χ1v) is 5.80. The van der Waals surface area contributed by atoms with Gasteiger partial charge in [0.05, 0.1) is 0 Å². The molecule has 1 amide bonds. The number of carbonyl (C=O) groups is 1. The molecule has 1 aliphatic carbocycles. The van der Waals surface area contributed by atoms with E-state index in [1.807, 2.05) is 35.2 Å². The molecule has 0 atom stereocenters. The van der Waals surface area contributed by atoms with Crippen molar-refractivity contribution in [3.05, 3.63) is 35.9 Å². The fourth-order valence-corrected chi connectivity index (χ4v) is 2.56. The molecule has 4 rings (SSSR count). The van der Waals surface area contributed by atoms with Gasteiger partial charge >= 0.3 is 6.09 Å². The van der Waals surface area contributed by atoms with Crippen LogP contribution >= 0.6 is 0 Å². The molecule has 2 bridgehead atoms. The molecule has 84 valence electrons. The van der Waals surface area contributed by atoms with Crippen LogP contribution in [0.4, 0.5) is 4.79 Å². The highest BCUT2D eigenvalue weighted by Crippen LogP contribution is 2.40. The lowest BCUT2D eigenvalue weighted by Gasteiger charge is -2.25. The summed E-state index contributed by atoms with van der Waals surface area (Å²) in [6.45, 7) is 1.28. The Kier molecular flexibility index (Phi) is 2.31. The zero-order chi connectivity index (χ0) is 11.0. The summed E-state index contributed by atoms with van der Waals surface area (Å²) in [4.78, 5) is 13.6. The number of hydrogen-bond acceptors (Lipinski definition) is 2. The second kappa shape index (κ2) is 3.81. The van der Waals surface area contributed by atoms with Crippen LogP contribution in [0.3, 0.4) is 0 Å². The van der Waals surface area contributed by atoms with Gasteiger partial charge in [-0.3, -0.25) is 0 Å². The van der Waals surface area contributed by atoms with E-state index in [4.69, 9.17) is 4.74 Å². The van der Waals surface area contributed by atoms with Gasteiger partial charge in [0.15, 0.2) is 0 Å². The number of hydrogen-bond donors (Lipinski definition) is 0. The van der Waals surface area contributed by atoms with E-state index in [-0.39, 0.29) is 6.09 Å². The van der Waals surface area contributed by atoms with Crippen LogP contribution in [0, 0.1) is 5.92 Å². The Morgan fingerprint density at radius 3 is 2.69 bits per heavy atom. The van der Waals surface area contributed by atoms with E-state index in [0.29, 0.717) is 12.6 Å². The normalized spacial score (nSPS) is 26.4. The van der Waals surface area contributed by atoms with Crippen molar-refractivity contribution in [2.24, 2.45) is 5.92 Å². The number of nitrogens with zero attached hydrogens (tertiary/aromatic N) is 1. The van der Waals surface area contributed by atoms with Gasteiger partial charge in [0.2, 0.25) is 0 Å². The van der Waals surface area contributed by atoms with E-state index < -0.39 is 0 Å². The van der Waals surface area contributed by atoms with Crippen molar-refractivity contribution in [1.82, 2.24) is 4.90 Å². The molecule has 3 fully saturated rings. The summed E-state index contributed by atoms with van der Waals surface area (Å²) in [7, 11) is 0. The van der Waals surface area contributed by atoms with Crippen LogP contribution in [-0.2, 0) is 11.3 Å². The Morgan fingerprint density at radius 2 is 2.06 bits per heavy atom. The summed E-state index contributed by atoms with van der Waals surface area (Å²) in [5, 5.41) is 0. The summed E-state index contributed by atoms with van der Waals surface area (Å²) < 4.78 is 5.30. The molecule has 1 aromatic rings. The van der Waals surface area contributed by atoms with Crippen molar-refractivity contribution < 1.29 is 9.53 Å². The largest absolute Gasteiger partial charge is 0.445 e. The lowest BCUT2D eigenvalue weighted by molar-refractivity contribution is 0.0950. The third-order valence-electron chi connectivity index (χ3n) is 3.55. The Bertz CT molecular complexity index is 384. The van der Waals surface area contributed by atoms with Crippen molar-refractivity contribution >= 4 is 6.09 Å². The first-order valence-electron chi connectivity index (χ1n) is 5.80. The van der Waals surface area contributed by atoms with Gasteiger partial charge in [-0.2, -0.15) is 0 Å². The monoisotopic (exact) mass is 217 g/mol. The van der Waals surface area contributed by atoms with Crippen molar-refractivity contribution in [2.45, 2.75) is 25.5 Å². The topological polar surface area (TPSA) is 29.5 Å². The van der Waals surface area contributed by atoms with Gasteiger partial charge in [0, 0.05) is 12.6 Å². The number of amides is 1. The van der Waals surface area contributed by atoms with Crippen LogP contribution in [0.2, 0.25) is 0 Å². The molecule has 1 aromatic carbocycles. The third kappa shape index (κ3) is 1.66. The van der Waals surface area contributed by atoms with Crippen LogP contribution in [0.15, 0.2) is 30.3 Å². The molecule has 0 radical (unpaired) electrons. The second-order valence-electron chi connectivity index (χ2n) is 4.68. The zero-order valence-corrected chi connectivity index (χ0v) is 9.13. The number of fused-ring (bicyclic) bond motifs is 1. The molecule has 2 saturated heterocycles. The molecule has 3 aliphatic rings. The summed E-state index contributed by atoms with van der Waals surface area (Å²) in [5.74, 6) is 0.745. The highest BCUT2D eigenvalue weighted by atomic mass is 16.6. The maximum Gasteiger partial charge on any atom is 0.410 e. The summed E-state index contributed by atoms with van der Waals surface area (Å²) >= 11 is 0. The van der Waals surface area contributed by atoms with Crippen LogP contribution in [0.5, 0.6) is 0 Å². The van der Waals surface area contributed by atoms with Gasteiger partial charge in [0.25, 0.3) is 0 Å². The number of benzene rings is 1. The van der Waals surface area contributed by atoms with Crippen LogP contribution < -0.4 is 0 Å². The zero-order valence-electron chi connectivity index (χ0n) is 9.13. The Balaban J connectivity index is 1.54. The highest BCUT2D eigenvalue weighted by Gasteiger charge is 2.45. The Morgan fingerprint density at radius 1 is 1.31 bits per heavy atom. The molecule has 0 N–H and O–H groups in total. The van der Waals surface area contributed by atoms with Crippen molar-refractivity contribution in [3.63, 3.8) is 0 Å². The molecule has 0 unspecified atom stereocenters. The Labute approximate surface area is 95.0 Å². The van der Waals surface area contributed by atoms with Crippen molar-refractivity contribution in [1.29, 1.82) is 0 Å². The first kappa shape index (κ1) is 9.70. The lowest BCUT2D eigenvalue weighted by atomic mass is 9.86. The Hall–Kier alpha value is -1.51. The first-order chi connectivity index (χ1) is 7.83.